The minimum Gasteiger partial charge on any atom is -0.444 e. The number of hydrogen-bond donors (Lipinski definition) is 1. The summed E-state index contributed by atoms with van der Waals surface area (Å²) in [5, 5.41) is 6.81. The first kappa shape index (κ1) is 15.3. The number of carbonyl (C=O) groups excluding carboxylic acids is 2. The van der Waals surface area contributed by atoms with Crippen LogP contribution in [0.1, 0.15) is 27.2 Å². The van der Waals surface area contributed by atoms with E-state index >= 15 is 0 Å². The molecule has 0 aliphatic carbocycles. The molecule has 1 unspecified atom stereocenters. The van der Waals surface area contributed by atoms with Crippen molar-refractivity contribution in [3.05, 3.63) is 12.4 Å². The third kappa shape index (κ3) is 4.21. The second kappa shape index (κ2) is 5.75. The van der Waals surface area contributed by atoms with Crippen molar-refractivity contribution in [2.75, 3.05) is 18.4 Å². The smallest absolute Gasteiger partial charge is 0.410 e. The zero-order chi connectivity index (χ0) is 15.6. The van der Waals surface area contributed by atoms with Crippen LogP contribution in [0.25, 0.3) is 0 Å². The van der Waals surface area contributed by atoms with E-state index < -0.39 is 5.60 Å². The highest BCUT2D eigenvalue weighted by Gasteiger charge is 2.33. The molecule has 21 heavy (non-hydrogen) atoms. The summed E-state index contributed by atoms with van der Waals surface area (Å²) in [4.78, 5) is 25.7. The maximum Gasteiger partial charge on any atom is 0.410 e. The zero-order valence-corrected chi connectivity index (χ0v) is 12.9. The molecule has 7 heteroatoms. The SMILES string of the molecule is Cn1cc(NC(=O)C2CCN(C(=O)OC(C)(C)C)C2)cn1. The molecule has 0 spiro atoms. The summed E-state index contributed by atoms with van der Waals surface area (Å²) < 4.78 is 6.94. The quantitative estimate of drug-likeness (QED) is 0.899. The molecule has 2 rings (SSSR count). The van der Waals surface area contributed by atoms with Crippen LogP contribution in [-0.2, 0) is 16.6 Å². The van der Waals surface area contributed by atoms with Crippen molar-refractivity contribution in [3.8, 4) is 0 Å². The highest BCUT2D eigenvalue weighted by atomic mass is 16.6. The van der Waals surface area contributed by atoms with Crippen LogP contribution in [0.5, 0.6) is 0 Å². The van der Waals surface area contributed by atoms with Gasteiger partial charge in [0, 0.05) is 26.3 Å². The van der Waals surface area contributed by atoms with Gasteiger partial charge in [-0.25, -0.2) is 4.79 Å². The summed E-state index contributed by atoms with van der Waals surface area (Å²) in [5.41, 5.74) is 0.144. The Kier molecular flexibility index (Phi) is 4.20. The van der Waals surface area contributed by atoms with Crippen molar-refractivity contribution < 1.29 is 14.3 Å². The van der Waals surface area contributed by atoms with E-state index in [9.17, 15) is 9.59 Å². The van der Waals surface area contributed by atoms with Gasteiger partial charge in [0.15, 0.2) is 0 Å². The first-order chi connectivity index (χ1) is 9.74. The predicted molar refractivity (Wildman–Crippen MR) is 77.8 cm³/mol. The Morgan fingerprint density at radius 3 is 2.71 bits per heavy atom. The number of nitrogens with one attached hydrogen (secondary N) is 1. The molecule has 0 radical (unpaired) electrons. The van der Waals surface area contributed by atoms with Gasteiger partial charge in [0.2, 0.25) is 5.91 Å². The number of amides is 2. The van der Waals surface area contributed by atoms with Crippen molar-refractivity contribution in [3.63, 3.8) is 0 Å². The topological polar surface area (TPSA) is 76.5 Å². The fourth-order valence-electron chi connectivity index (χ4n) is 2.20. The van der Waals surface area contributed by atoms with Crippen LogP contribution in [0.15, 0.2) is 12.4 Å². The molecule has 1 aliphatic rings. The lowest BCUT2D eigenvalue weighted by molar-refractivity contribution is -0.119. The number of aromatic nitrogens is 2. The van der Waals surface area contributed by atoms with Crippen molar-refractivity contribution in [2.24, 2.45) is 13.0 Å². The number of hydrogen-bond acceptors (Lipinski definition) is 4. The lowest BCUT2D eigenvalue weighted by Crippen LogP contribution is -2.36. The molecule has 1 aromatic heterocycles. The number of likely N-dealkylation sites (tertiary alicyclic amines) is 1. The number of carbonyl (C=O) groups is 2. The fraction of sp³-hybridized carbons (Fsp3) is 0.643. The highest BCUT2D eigenvalue weighted by Crippen LogP contribution is 2.21. The summed E-state index contributed by atoms with van der Waals surface area (Å²) in [7, 11) is 1.79. The molecule has 1 fully saturated rings. The van der Waals surface area contributed by atoms with E-state index in [0.29, 0.717) is 25.2 Å². The second-order valence-corrected chi connectivity index (χ2v) is 6.30. The summed E-state index contributed by atoms with van der Waals surface area (Å²) in [6.07, 6.45) is 3.61. The van der Waals surface area contributed by atoms with Gasteiger partial charge in [-0.3, -0.25) is 9.48 Å². The number of rotatable bonds is 2. The van der Waals surface area contributed by atoms with E-state index in [4.69, 9.17) is 4.74 Å². The van der Waals surface area contributed by atoms with E-state index in [1.165, 1.54) is 0 Å². The molecule has 0 bridgehead atoms. The number of ether oxygens (including phenoxy) is 1. The van der Waals surface area contributed by atoms with Crippen molar-refractivity contribution in [2.45, 2.75) is 32.8 Å². The third-order valence-corrected chi connectivity index (χ3v) is 3.18. The molecule has 1 aromatic rings. The molecular weight excluding hydrogens is 272 g/mol. The van der Waals surface area contributed by atoms with Gasteiger partial charge in [0.25, 0.3) is 0 Å². The van der Waals surface area contributed by atoms with Crippen LogP contribution >= 0.6 is 0 Å². The molecule has 1 N–H and O–H groups in total. The van der Waals surface area contributed by atoms with Crippen LogP contribution in [0.2, 0.25) is 0 Å². The minimum atomic E-state index is -0.521. The van der Waals surface area contributed by atoms with E-state index in [0.717, 1.165) is 0 Å². The van der Waals surface area contributed by atoms with Crippen molar-refractivity contribution in [1.29, 1.82) is 0 Å². The number of aryl methyl sites for hydroxylation is 1. The average molecular weight is 294 g/mol. The summed E-state index contributed by atoms with van der Waals surface area (Å²) in [6, 6.07) is 0. The van der Waals surface area contributed by atoms with E-state index in [2.05, 4.69) is 10.4 Å². The monoisotopic (exact) mass is 294 g/mol. The van der Waals surface area contributed by atoms with Crippen molar-refractivity contribution in [1.82, 2.24) is 14.7 Å². The third-order valence-electron chi connectivity index (χ3n) is 3.18. The van der Waals surface area contributed by atoms with Gasteiger partial charge >= 0.3 is 6.09 Å². The maximum atomic E-state index is 12.2. The van der Waals surface area contributed by atoms with Crippen LogP contribution < -0.4 is 5.32 Å². The first-order valence-electron chi connectivity index (χ1n) is 7.02. The molecule has 116 valence electrons. The predicted octanol–water partition coefficient (Wildman–Crippen LogP) is 1.62. The number of nitrogens with zero attached hydrogens (tertiary/aromatic N) is 3. The van der Waals surface area contributed by atoms with Gasteiger partial charge in [-0.05, 0) is 27.2 Å². The Morgan fingerprint density at radius 1 is 1.43 bits per heavy atom. The lowest BCUT2D eigenvalue weighted by atomic mass is 10.1. The molecule has 1 saturated heterocycles. The summed E-state index contributed by atoms with van der Waals surface area (Å²) in [5.74, 6) is -0.299. The fourth-order valence-corrected chi connectivity index (χ4v) is 2.20. The van der Waals surface area contributed by atoms with Gasteiger partial charge in [0.05, 0.1) is 17.8 Å². The Morgan fingerprint density at radius 2 is 2.14 bits per heavy atom. The average Bonchev–Trinajstić information content (AvgIpc) is 2.96. The summed E-state index contributed by atoms with van der Waals surface area (Å²) in [6.45, 7) is 6.41. The Labute approximate surface area is 124 Å². The van der Waals surface area contributed by atoms with Crippen LogP contribution in [0.4, 0.5) is 10.5 Å². The highest BCUT2D eigenvalue weighted by molar-refractivity contribution is 5.93. The lowest BCUT2D eigenvalue weighted by Gasteiger charge is -2.24. The Bertz CT molecular complexity index is 533. The van der Waals surface area contributed by atoms with Gasteiger partial charge < -0.3 is 15.0 Å². The van der Waals surface area contributed by atoms with Crippen LogP contribution in [0.3, 0.4) is 0 Å². The summed E-state index contributed by atoms with van der Waals surface area (Å²) >= 11 is 0. The standard InChI is InChI=1S/C14H22N4O3/c1-14(2,3)21-13(20)18-6-5-10(8-18)12(19)16-11-7-15-17(4)9-11/h7,9-10H,5-6,8H2,1-4H3,(H,16,19). The zero-order valence-electron chi connectivity index (χ0n) is 12.9. The molecule has 1 atom stereocenters. The minimum absolute atomic E-state index is 0.0888. The van der Waals surface area contributed by atoms with Gasteiger partial charge in [0.1, 0.15) is 5.60 Å². The van der Waals surface area contributed by atoms with Crippen molar-refractivity contribution >= 4 is 17.7 Å². The molecule has 2 heterocycles. The van der Waals surface area contributed by atoms with E-state index in [-0.39, 0.29) is 17.9 Å². The maximum absolute atomic E-state index is 12.2. The van der Waals surface area contributed by atoms with Gasteiger partial charge in [-0.1, -0.05) is 0 Å². The first-order valence-corrected chi connectivity index (χ1v) is 7.02. The molecular formula is C14H22N4O3. The molecule has 2 amide bonds. The van der Waals surface area contributed by atoms with Crippen LogP contribution in [0, 0.1) is 5.92 Å². The molecule has 1 aliphatic heterocycles. The Balaban J connectivity index is 1.87. The molecule has 0 saturated carbocycles. The Hall–Kier alpha value is -2.05. The van der Waals surface area contributed by atoms with E-state index in [1.807, 2.05) is 20.8 Å². The van der Waals surface area contributed by atoms with Gasteiger partial charge in [-0.15, -0.1) is 0 Å². The molecule has 7 nitrogen and oxygen atoms in total. The van der Waals surface area contributed by atoms with Gasteiger partial charge in [-0.2, -0.15) is 5.10 Å². The van der Waals surface area contributed by atoms with Crippen LogP contribution in [-0.4, -0.2) is 45.4 Å². The normalized spacial score (nSPS) is 18.7. The molecule has 0 aromatic carbocycles. The largest absolute Gasteiger partial charge is 0.444 e. The number of anilines is 1. The second-order valence-electron chi connectivity index (χ2n) is 6.30. The van der Waals surface area contributed by atoms with E-state index in [1.54, 1.807) is 29.0 Å².